The summed E-state index contributed by atoms with van der Waals surface area (Å²) < 4.78 is 2.07. The predicted octanol–water partition coefficient (Wildman–Crippen LogP) is 4.69. The number of para-hydroxylation sites is 1. The van der Waals surface area contributed by atoms with E-state index in [2.05, 4.69) is 90.6 Å². The maximum atomic E-state index is 4.81. The van der Waals surface area contributed by atoms with Crippen molar-refractivity contribution < 1.29 is 0 Å². The normalized spacial score (nSPS) is 19.2. The molecule has 1 N–H and O–H groups in total. The first-order chi connectivity index (χ1) is 12.7. The van der Waals surface area contributed by atoms with Crippen LogP contribution in [0.3, 0.4) is 0 Å². The summed E-state index contributed by atoms with van der Waals surface area (Å²) in [5.41, 5.74) is 6.19. The molecule has 1 aliphatic rings. The minimum absolute atomic E-state index is 0.416. The third kappa shape index (κ3) is 3.35. The van der Waals surface area contributed by atoms with Crippen molar-refractivity contribution in [3.8, 4) is 5.69 Å². The third-order valence-electron chi connectivity index (χ3n) is 5.21. The summed E-state index contributed by atoms with van der Waals surface area (Å²) in [6.07, 6.45) is 5.75. The molecule has 3 aromatic rings. The van der Waals surface area contributed by atoms with E-state index in [1.54, 1.807) is 0 Å². The van der Waals surface area contributed by atoms with Crippen LogP contribution in [0.4, 0.5) is 0 Å². The second-order valence-corrected chi connectivity index (χ2v) is 7.03. The van der Waals surface area contributed by atoms with Crippen LogP contribution in [-0.4, -0.2) is 15.8 Å². The summed E-state index contributed by atoms with van der Waals surface area (Å²) in [6.45, 7) is 5.21. The summed E-state index contributed by atoms with van der Waals surface area (Å²) in [4.78, 5) is 0. The molecule has 1 heterocycles. The van der Waals surface area contributed by atoms with E-state index in [1.165, 1.54) is 16.8 Å². The molecule has 0 spiro atoms. The first-order valence-electron chi connectivity index (χ1n) is 9.29. The zero-order valence-corrected chi connectivity index (χ0v) is 15.4. The molecule has 1 aromatic heterocycles. The Hall–Kier alpha value is -2.65. The van der Waals surface area contributed by atoms with E-state index in [9.17, 15) is 0 Å². The summed E-state index contributed by atoms with van der Waals surface area (Å²) in [6, 6.07) is 21.4. The van der Waals surface area contributed by atoms with E-state index < -0.39 is 0 Å². The van der Waals surface area contributed by atoms with Gasteiger partial charge >= 0.3 is 0 Å². The van der Waals surface area contributed by atoms with Crippen LogP contribution < -0.4 is 5.32 Å². The lowest BCUT2D eigenvalue weighted by Gasteiger charge is -2.15. The van der Waals surface area contributed by atoms with Crippen LogP contribution in [0.5, 0.6) is 0 Å². The maximum absolute atomic E-state index is 4.81. The lowest BCUT2D eigenvalue weighted by molar-refractivity contribution is 0.559. The number of aromatic nitrogens is 2. The van der Waals surface area contributed by atoms with E-state index in [0.717, 1.165) is 24.3 Å². The van der Waals surface area contributed by atoms with Crippen LogP contribution in [0.2, 0.25) is 0 Å². The highest BCUT2D eigenvalue weighted by Crippen LogP contribution is 2.33. The lowest BCUT2D eigenvalue weighted by atomic mass is 9.96. The van der Waals surface area contributed by atoms with Gasteiger partial charge in [0.25, 0.3) is 0 Å². The summed E-state index contributed by atoms with van der Waals surface area (Å²) in [7, 11) is 0. The van der Waals surface area contributed by atoms with Crippen LogP contribution in [-0.2, 0) is 6.54 Å². The molecule has 4 rings (SSSR count). The Morgan fingerprint density at radius 1 is 0.962 bits per heavy atom. The van der Waals surface area contributed by atoms with Gasteiger partial charge in [-0.1, -0.05) is 60.7 Å². The fraction of sp³-hybridized carbons (Fsp3) is 0.261. The standard InChI is InChI=1S/C23H25N3/c1-17-23(18(2)26(25-17)22-11-7-4-8-12-22)20-13-14-21(15-20)24-16-19-9-5-3-6-10-19/h3-14,20-21,24H,15-16H2,1-2H3. The van der Waals surface area contributed by atoms with Crippen LogP contribution in [0.15, 0.2) is 72.8 Å². The highest BCUT2D eigenvalue weighted by molar-refractivity contribution is 5.41. The molecule has 0 aliphatic heterocycles. The van der Waals surface area contributed by atoms with E-state index in [0.29, 0.717) is 12.0 Å². The second-order valence-electron chi connectivity index (χ2n) is 7.03. The molecular weight excluding hydrogens is 318 g/mol. The number of nitrogens with zero attached hydrogens (tertiary/aromatic N) is 2. The summed E-state index contributed by atoms with van der Waals surface area (Å²) in [5.74, 6) is 0.431. The average molecular weight is 343 g/mol. The van der Waals surface area contributed by atoms with Crippen LogP contribution >= 0.6 is 0 Å². The molecule has 2 aromatic carbocycles. The highest BCUT2D eigenvalue weighted by atomic mass is 15.3. The molecule has 26 heavy (non-hydrogen) atoms. The summed E-state index contributed by atoms with van der Waals surface area (Å²) in [5, 5.41) is 8.47. The topological polar surface area (TPSA) is 29.9 Å². The molecule has 2 atom stereocenters. The Balaban J connectivity index is 1.48. The number of hydrogen-bond donors (Lipinski definition) is 1. The second kappa shape index (κ2) is 7.30. The van der Waals surface area contributed by atoms with Crippen molar-refractivity contribution in [1.29, 1.82) is 0 Å². The van der Waals surface area contributed by atoms with Crippen LogP contribution in [0, 0.1) is 13.8 Å². The molecule has 0 radical (unpaired) electrons. The molecular formula is C23H25N3. The van der Waals surface area contributed by atoms with Gasteiger partial charge in [-0.25, -0.2) is 4.68 Å². The van der Waals surface area contributed by atoms with Crippen molar-refractivity contribution in [2.75, 3.05) is 0 Å². The SMILES string of the molecule is Cc1nn(-c2ccccc2)c(C)c1C1C=CC(NCc2ccccc2)C1. The Morgan fingerprint density at radius 3 is 2.38 bits per heavy atom. The Kier molecular flexibility index (Phi) is 4.72. The van der Waals surface area contributed by atoms with Gasteiger partial charge in [0.1, 0.15) is 0 Å². The highest BCUT2D eigenvalue weighted by Gasteiger charge is 2.25. The molecule has 0 fully saturated rings. The van der Waals surface area contributed by atoms with Gasteiger partial charge in [-0.05, 0) is 38.0 Å². The van der Waals surface area contributed by atoms with E-state index in [1.807, 2.05) is 6.07 Å². The fourth-order valence-corrected chi connectivity index (χ4v) is 3.92. The van der Waals surface area contributed by atoms with Crippen molar-refractivity contribution in [1.82, 2.24) is 15.1 Å². The molecule has 0 amide bonds. The van der Waals surface area contributed by atoms with Gasteiger partial charge < -0.3 is 5.32 Å². The Morgan fingerprint density at radius 2 is 1.65 bits per heavy atom. The molecule has 0 saturated carbocycles. The van der Waals surface area contributed by atoms with E-state index in [4.69, 9.17) is 5.10 Å². The number of rotatable bonds is 5. The minimum atomic E-state index is 0.416. The zero-order valence-electron chi connectivity index (χ0n) is 15.4. The number of hydrogen-bond acceptors (Lipinski definition) is 2. The fourth-order valence-electron chi connectivity index (χ4n) is 3.92. The van der Waals surface area contributed by atoms with Gasteiger partial charge in [-0.2, -0.15) is 5.10 Å². The molecule has 3 heteroatoms. The minimum Gasteiger partial charge on any atom is -0.306 e. The monoisotopic (exact) mass is 343 g/mol. The molecule has 132 valence electrons. The average Bonchev–Trinajstić information content (AvgIpc) is 3.25. The first-order valence-corrected chi connectivity index (χ1v) is 9.29. The number of benzene rings is 2. The van der Waals surface area contributed by atoms with Crippen molar-refractivity contribution in [2.45, 2.75) is 38.8 Å². The lowest BCUT2D eigenvalue weighted by Crippen LogP contribution is -2.25. The zero-order chi connectivity index (χ0) is 17.9. The molecule has 0 saturated heterocycles. The largest absolute Gasteiger partial charge is 0.306 e. The molecule has 3 nitrogen and oxygen atoms in total. The van der Waals surface area contributed by atoms with Crippen LogP contribution in [0.25, 0.3) is 5.69 Å². The Bertz CT molecular complexity index is 894. The smallest absolute Gasteiger partial charge is 0.0648 e. The molecule has 1 aliphatic carbocycles. The predicted molar refractivity (Wildman–Crippen MR) is 107 cm³/mol. The van der Waals surface area contributed by atoms with Gasteiger partial charge in [0.15, 0.2) is 0 Å². The number of allylic oxidation sites excluding steroid dienone is 1. The van der Waals surface area contributed by atoms with E-state index >= 15 is 0 Å². The summed E-state index contributed by atoms with van der Waals surface area (Å²) >= 11 is 0. The van der Waals surface area contributed by atoms with Crippen molar-refractivity contribution in [2.24, 2.45) is 0 Å². The Labute approximate surface area is 155 Å². The van der Waals surface area contributed by atoms with Gasteiger partial charge in [0.2, 0.25) is 0 Å². The quantitative estimate of drug-likeness (QED) is 0.681. The van der Waals surface area contributed by atoms with Crippen molar-refractivity contribution in [3.63, 3.8) is 0 Å². The van der Waals surface area contributed by atoms with Crippen LogP contribution in [0.1, 0.15) is 34.9 Å². The van der Waals surface area contributed by atoms with Crippen molar-refractivity contribution in [3.05, 3.63) is 95.3 Å². The van der Waals surface area contributed by atoms with Gasteiger partial charge in [-0.15, -0.1) is 0 Å². The van der Waals surface area contributed by atoms with Crippen molar-refractivity contribution >= 4 is 0 Å². The maximum Gasteiger partial charge on any atom is 0.0648 e. The first kappa shape index (κ1) is 16.8. The van der Waals surface area contributed by atoms with Gasteiger partial charge in [0.05, 0.1) is 11.4 Å². The van der Waals surface area contributed by atoms with Gasteiger partial charge in [-0.3, -0.25) is 0 Å². The van der Waals surface area contributed by atoms with Gasteiger partial charge in [0, 0.05) is 29.8 Å². The molecule has 0 bridgehead atoms. The third-order valence-corrected chi connectivity index (χ3v) is 5.21. The number of aryl methyl sites for hydroxylation is 1. The molecule has 2 unspecified atom stereocenters. The van der Waals surface area contributed by atoms with E-state index in [-0.39, 0.29) is 0 Å². The number of nitrogens with one attached hydrogen (secondary N) is 1.